The number of carbonyl (C=O) groups is 2. The number of nitrogens with one attached hydrogen (secondary N) is 1. The van der Waals surface area contributed by atoms with Crippen LogP contribution in [0.3, 0.4) is 0 Å². The molecule has 3 aromatic rings. The van der Waals surface area contributed by atoms with Crippen molar-refractivity contribution in [2.45, 2.75) is 11.7 Å². The molecule has 34 heavy (non-hydrogen) atoms. The molecule has 0 aliphatic carbocycles. The van der Waals surface area contributed by atoms with E-state index in [9.17, 15) is 14.7 Å². The molecule has 4 rings (SSSR count). The Morgan fingerprint density at radius 3 is 2.38 bits per heavy atom. The molecule has 8 heteroatoms. The predicted molar refractivity (Wildman–Crippen MR) is 138 cm³/mol. The Labute approximate surface area is 201 Å². The molecule has 0 aromatic heterocycles. The van der Waals surface area contributed by atoms with Crippen LogP contribution in [0.15, 0.2) is 101 Å². The molecule has 1 aliphatic rings. The molecule has 0 radical (unpaired) electrons. The van der Waals surface area contributed by atoms with Crippen molar-refractivity contribution in [2.75, 3.05) is 10.2 Å². The molecule has 1 heterocycles. The summed E-state index contributed by atoms with van der Waals surface area (Å²) in [7, 11) is 0. The van der Waals surface area contributed by atoms with Gasteiger partial charge in [-0.1, -0.05) is 66.4 Å². The Morgan fingerprint density at radius 1 is 1.00 bits per heavy atom. The molecule has 0 saturated carbocycles. The van der Waals surface area contributed by atoms with Crippen molar-refractivity contribution >= 4 is 52.4 Å². The smallest absolute Gasteiger partial charge is 0.247 e. The third-order valence-electron chi connectivity index (χ3n) is 4.86. The van der Waals surface area contributed by atoms with Crippen LogP contribution in [0.1, 0.15) is 12.0 Å². The summed E-state index contributed by atoms with van der Waals surface area (Å²) in [5.74, 6) is -0.449. The molecule has 2 N–H and O–H groups in total. The second kappa shape index (κ2) is 11.1. The van der Waals surface area contributed by atoms with Gasteiger partial charge in [-0.15, -0.1) is 5.10 Å². The number of benzene rings is 3. The van der Waals surface area contributed by atoms with E-state index in [1.165, 1.54) is 35.0 Å². The second-order valence-electron chi connectivity index (χ2n) is 7.33. The van der Waals surface area contributed by atoms with Crippen molar-refractivity contribution in [2.24, 2.45) is 10.2 Å². The van der Waals surface area contributed by atoms with Gasteiger partial charge in [-0.2, -0.15) is 5.10 Å². The number of rotatable bonds is 7. The Kier molecular flexibility index (Phi) is 7.52. The minimum absolute atomic E-state index is 0.0103. The maximum atomic E-state index is 13.2. The number of allylic oxidation sites excluding steroid dienone is 1. The summed E-state index contributed by atoms with van der Waals surface area (Å²) in [6.45, 7) is 0. The van der Waals surface area contributed by atoms with Gasteiger partial charge in [0, 0.05) is 18.3 Å². The molecule has 3 aromatic carbocycles. The van der Waals surface area contributed by atoms with Crippen LogP contribution < -0.4 is 10.2 Å². The van der Waals surface area contributed by atoms with Crippen LogP contribution in [0.2, 0.25) is 0 Å². The maximum Gasteiger partial charge on any atom is 0.247 e. The van der Waals surface area contributed by atoms with E-state index in [4.69, 9.17) is 0 Å². The van der Waals surface area contributed by atoms with Crippen molar-refractivity contribution < 1.29 is 14.7 Å². The lowest BCUT2D eigenvalue weighted by atomic mass is 10.2. The van der Waals surface area contributed by atoms with E-state index in [2.05, 4.69) is 15.5 Å². The fraction of sp³-hybridized carbons (Fsp3) is 0.0769. The molecule has 0 bridgehead atoms. The Hall–Kier alpha value is -4.17. The van der Waals surface area contributed by atoms with Crippen molar-refractivity contribution in [3.05, 3.63) is 96.6 Å². The number of anilines is 2. The molecule has 1 aliphatic heterocycles. The molecular weight excluding hydrogens is 448 g/mol. The lowest BCUT2D eigenvalue weighted by Crippen LogP contribution is -2.33. The third-order valence-corrected chi connectivity index (χ3v) is 5.98. The van der Waals surface area contributed by atoms with Gasteiger partial charge in [-0.3, -0.25) is 14.5 Å². The third kappa shape index (κ3) is 5.99. The van der Waals surface area contributed by atoms with Crippen LogP contribution in [0.4, 0.5) is 11.4 Å². The first-order valence-corrected chi connectivity index (χ1v) is 11.5. The number of nitrogens with zero attached hydrogens (tertiary/aromatic N) is 3. The van der Waals surface area contributed by atoms with Crippen molar-refractivity contribution in [1.82, 2.24) is 0 Å². The minimum Gasteiger partial charge on any atom is -0.508 e. The summed E-state index contributed by atoms with van der Waals surface area (Å²) >= 11 is 1.18. The van der Waals surface area contributed by atoms with E-state index in [-0.39, 0.29) is 24.0 Å². The number of phenolic OH excluding ortho intramolecular Hbond substituents is 1. The van der Waals surface area contributed by atoms with Gasteiger partial charge in [0.05, 0.1) is 5.69 Å². The molecule has 2 amide bonds. The standard InChI is InChI=1S/C26H22N4O3S/c31-22-15-13-21(14-16-22)30-25(33)23(18-24(32)28-20-11-5-2-6-12-20)34-26(30)29-27-17-7-10-19-8-3-1-4-9-19/h1-17,23,31H,18H2,(H,28,32)/b10-7+,27-17+,29-26+. The SMILES string of the molecule is O=C(CC1S/C(=N/N=C/C=C/c2ccccc2)N(c2ccc(O)cc2)C1=O)Nc1ccccc1. The summed E-state index contributed by atoms with van der Waals surface area (Å²) in [6, 6.07) is 25.1. The fourth-order valence-corrected chi connectivity index (χ4v) is 4.34. The average molecular weight is 471 g/mol. The number of amidine groups is 1. The van der Waals surface area contributed by atoms with Gasteiger partial charge in [0.2, 0.25) is 11.8 Å². The highest BCUT2D eigenvalue weighted by atomic mass is 32.2. The first kappa shape index (κ1) is 23.0. The highest BCUT2D eigenvalue weighted by molar-refractivity contribution is 8.16. The molecular formula is C26H22N4O3S. The topological polar surface area (TPSA) is 94.4 Å². The molecule has 1 atom stereocenters. The van der Waals surface area contributed by atoms with Crippen LogP contribution >= 0.6 is 11.8 Å². The molecule has 7 nitrogen and oxygen atoms in total. The van der Waals surface area contributed by atoms with Crippen LogP contribution in [0.5, 0.6) is 5.75 Å². The Balaban J connectivity index is 1.50. The number of hydrogen-bond donors (Lipinski definition) is 2. The van der Waals surface area contributed by atoms with Crippen molar-refractivity contribution in [3.8, 4) is 5.75 Å². The van der Waals surface area contributed by atoms with Gasteiger partial charge in [0.25, 0.3) is 0 Å². The molecule has 0 spiro atoms. The van der Waals surface area contributed by atoms with Crippen molar-refractivity contribution in [1.29, 1.82) is 0 Å². The Bertz CT molecular complexity index is 1230. The average Bonchev–Trinajstić information content (AvgIpc) is 3.15. The number of aromatic hydroxyl groups is 1. The van der Waals surface area contributed by atoms with Crippen LogP contribution in [-0.2, 0) is 9.59 Å². The van der Waals surface area contributed by atoms with Gasteiger partial charge >= 0.3 is 0 Å². The molecule has 1 fully saturated rings. The number of thioether (sulfide) groups is 1. The van der Waals surface area contributed by atoms with Crippen LogP contribution in [0.25, 0.3) is 6.08 Å². The summed E-state index contributed by atoms with van der Waals surface area (Å²) in [4.78, 5) is 27.1. The normalized spacial score (nSPS) is 17.2. The lowest BCUT2D eigenvalue weighted by Gasteiger charge is -2.15. The predicted octanol–water partition coefficient (Wildman–Crippen LogP) is 4.92. The van der Waals surface area contributed by atoms with E-state index in [1.807, 2.05) is 54.6 Å². The van der Waals surface area contributed by atoms with E-state index >= 15 is 0 Å². The number of hydrogen-bond acceptors (Lipinski definition) is 6. The number of amides is 2. The quantitative estimate of drug-likeness (QED) is 0.378. The number of phenols is 1. The lowest BCUT2D eigenvalue weighted by molar-refractivity contribution is -0.121. The van der Waals surface area contributed by atoms with Crippen LogP contribution in [0, 0.1) is 0 Å². The number of carbonyl (C=O) groups excluding carboxylic acids is 2. The summed E-state index contributed by atoms with van der Waals surface area (Å²) < 4.78 is 0. The number of para-hydroxylation sites is 1. The zero-order valence-corrected chi connectivity index (χ0v) is 18.9. The summed E-state index contributed by atoms with van der Waals surface area (Å²) in [5.41, 5.74) is 2.24. The summed E-state index contributed by atoms with van der Waals surface area (Å²) in [6.07, 6.45) is 5.18. The van der Waals surface area contributed by atoms with Gasteiger partial charge in [0.1, 0.15) is 11.0 Å². The second-order valence-corrected chi connectivity index (χ2v) is 8.50. The first-order valence-electron chi connectivity index (χ1n) is 10.6. The van der Waals surface area contributed by atoms with Gasteiger partial charge in [-0.05, 0) is 48.0 Å². The van der Waals surface area contributed by atoms with Gasteiger partial charge < -0.3 is 10.4 Å². The monoisotopic (exact) mass is 470 g/mol. The van der Waals surface area contributed by atoms with E-state index in [0.29, 0.717) is 16.5 Å². The van der Waals surface area contributed by atoms with E-state index in [0.717, 1.165) is 5.56 Å². The van der Waals surface area contributed by atoms with E-state index < -0.39 is 5.25 Å². The molecule has 1 saturated heterocycles. The van der Waals surface area contributed by atoms with Crippen molar-refractivity contribution in [3.63, 3.8) is 0 Å². The minimum atomic E-state index is -0.647. The zero-order valence-electron chi connectivity index (χ0n) is 18.1. The van der Waals surface area contributed by atoms with Gasteiger partial charge in [-0.25, -0.2) is 0 Å². The summed E-state index contributed by atoms with van der Waals surface area (Å²) in [5, 5.41) is 20.5. The zero-order chi connectivity index (χ0) is 23.8. The maximum absolute atomic E-state index is 13.2. The highest BCUT2D eigenvalue weighted by Crippen LogP contribution is 2.34. The Morgan fingerprint density at radius 2 is 1.68 bits per heavy atom. The van der Waals surface area contributed by atoms with Crippen LogP contribution in [-0.4, -0.2) is 33.6 Å². The molecule has 170 valence electrons. The first-order chi connectivity index (χ1) is 16.6. The highest BCUT2D eigenvalue weighted by Gasteiger charge is 2.40. The molecule has 1 unspecified atom stereocenters. The van der Waals surface area contributed by atoms with E-state index in [1.54, 1.807) is 30.3 Å². The largest absolute Gasteiger partial charge is 0.508 e. The fourth-order valence-electron chi connectivity index (χ4n) is 3.25. The van der Waals surface area contributed by atoms with Gasteiger partial charge in [0.15, 0.2) is 5.17 Å².